The Balaban J connectivity index is 1.95. The SMILES string of the molecule is CCCOC(=O)c1ccc(NCc2c(C)n[nH]c2C)cc1. The van der Waals surface area contributed by atoms with E-state index >= 15 is 0 Å². The lowest BCUT2D eigenvalue weighted by atomic mass is 10.1. The van der Waals surface area contributed by atoms with E-state index < -0.39 is 0 Å². The van der Waals surface area contributed by atoms with Crippen LogP contribution >= 0.6 is 0 Å². The van der Waals surface area contributed by atoms with Crippen molar-refractivity contribution in [1.82, 2.24) is 10.2 Å². The van der Waals surface area contributed by atoms with Crippen molar-refractivity contribution in [1.29, 1.82) is 0 Å². The third-order valence-electron chi connectivity index (χ3n) is 3.31. The van der Waals surface area contributed by atoms with Crippen LogP contribution in [0.15, 0.2) is 24.3 Å². The summed E-state index contributed by atoms with van der Waals surface area (Å²) in [6.07, 6.45) is 0.828. The van der Waals surface area contributed by atoms with Gasteiger partial charge in [-0.15, -0.1) is 0 Å². The van der Waals surface area contributed by atoms with Gasteiger partial charge in [0.1, 0.15) is 0 Å². The van der Waals surface area contributed by atoms with Crippen molar-refractivity contribution in [2.24, 2.45) is 0 Å². The van der Waals surface area contributed by atoms with E-state index in [-0.39, 0.29) is 5.97 Å². The number of aromatic nitrogens is 2. The molecule has 0 aliphatic rings. The van der Waals surface area contributed by atoms with Crippen molar-refractivity contribution in [3.8, 4) is 0 Å². The standard InChI is InChI=1S/C16H21N3O2/c1-4-9-21-16(20)13-5-7-14(8-6-13)17-10-15-11(2)18-19-12(15)3/h5-8,17H,4,9-10H2,1-3H3,(H,18,19). The molecule has 0 fully saturated rings. The Kier molecular flexibility index (Phi) is 4.98. The van der Waals surface area contributed by atoms with Gasteiger partial charge in [-0.05, 0) is 44.5 Å². The minimum atomic E-state index is -0.273. The van der Waals surface area contributed by atoms with Gasteiger partial charge in [0.2, 0.25) is 0 Å². The number of aromatic amines is 1. The number of hydrogen-bond donors (Lipinski definition) is 2. The Morgan fingerprint density at radius 3 is 2.57 bits per heavy atom. The highest BCUT2D eigenvalue weighted by Gasteiger charge is 2.08. The molecule has 0 radical (unpaired) electrons. The van der Waals surface area contributed by atoms with Crippen molar-refractivity contribution < 1.29 is 9.53 Å². The maximum absolute atomic E-state index is 11.7. The molecule has 5 nitrogen and oxygen atoms in total. The van der Waals surface area contributed by atoms with Gasteiger partial charge in [0.15, 0.2) is 0 Å². The second-order valence-electron chi connectivity index (χ2n) is 4.98. The average Bonchev–Trinajstić information content (AvgIpc) is 2.82. The van der Waals surface area contributed by atoms with Gasteiger partial charge in [0.25, 0.3) is 0 Å². The quantitative estimate of drug-likeness (QED) is 0.801. The first-order valence-electron chi connectivity index (χ1n) is 7.13. The third kappa shape index (κ3) is 3.84. The molecule has 0 aliphatic heterocycles. The fourth-order valence-electron chi connectivity index (χ4n) is 2.03. The minimum Gasteiger partial charge on any atom is -0.462 e. The first kappa shape index (κ1) is 15.1. The number of benzene rings is 1. The van der Waals surface area contributed by atoms with Gasteiger partial charge in [-0.1, -0.05) is 6.92 Å². The molecule has 0 amide bonds. The van der Waals surface area contributed by atoms with Crippen LogP contribution in [0.25, 0.3) is 0 Å². The summed E-state index contributed by atoms with van der Waals surface area (Å²) in [5, 5.41) is 10.5. The van der Waals surface area contributed by atoms with Crippen LogP contribution in [0, 0.1) is 13.8 Å². The molecule has 0 unspecified atom stereocenters. The lowest BCUT2D eigenvalue weighted by Crippen LogP contribution is -2.06. The number of esters is 1. The van der Waals surface area contributed by atoms with Gasteiger partial charge in [0, 0.05) is 23.5 Å². The van der Waals surface area contributed by atoms with Gasteiger partial charge >= 0.3 is 5.97 Å². The second-order valence-corrected chi connectivity index (χ2v) is 4.98. The highest BCUT2D eigenvalue weighted by Crippen LogP contribution is 2.15. The summed E-state index contributed by atoms with van der Waals surface area (Å²) in [5.74, 6) is -0.273. The molecule has 1 aromatic carbocycles. The van der Waals surface area contributed by atoms with Gasteiger partial charge in [-0.2, -0.15) is 5.10 Å². The predicted octanol–water partition coefficient (Wildman–Crippen LogP) is 3.21. The van der Waals surface area contributed by atoms with Crippen molar-refractivity contribution in [3.63, 3.8) is 0 Å². The Hall–Kier alpha value is -2.30. The Bertz CT molecular complexity index is 583. The molecule has 0 aliphatic carbocycles. The van der Waals surface area contributed by atoms with Crippen LogP contribution in [0.4, 0.5) is 5.69 Å². The molecule has 0 bridgehead atoms. The monoisotopic (exact) mass is 287 g/mol. The zero-order valence-corrected chi connectivity index (χ0v) is 12.7. The van der Waals surface area contributed by atoms with Crippen LogP contribution in [0.5, 0.6) is 0 Å². The molecule has 2 aromatic rings. The molecule has 1 aromatic heterocycles. The van der Waals surface area contributed by atoms with Gasteiger partial charge in [-0.25, -0.2) is 4.79 Å². The number of nitrogens with zero attached hydrogens (tertiary/aromatic N) is 1. The van der Waals surface area contributed by atoms with Crippen molar-refractivity contribution in [2.75, 3.05) is 11.9 Å². The van der Waals surface area contributed by atoms with E-state index in [2.05, 4.69) is 15.5 Å². The Morgan fingerprint density at radius 1 is 1.29 bits per heavy atom. The number of nitrogens with one attached hydrogen (secondary N) is 2. The van der Waals surface area contributed by atoms with E-state index in [0.29, 0.717) is 18.7 Å². The number of aryl methyl sites for hydroxylation is 2. The average molecular weight is 287 g/mol. The molecule has 5 heteroatoms. The zero-order chi connectivity index (χ0) is 15.2. The van der Waals surface area contributed by atoms with E-state index in [1.165, 1.54) is 5.56 Å². The van der Waals surface area contributed by atoms with E-state index in [4.69, 9.17) is 4.74 Å². The normalized spacial score (nSPS) is 10.4. The summed E-state index contributed by atoms with van der Waals surface area (Å²) >= 11 is 0. The predicted molar refractivity (Wildman–Crippen MR) is 82.4 cm³/mol. The number of H-pyrrole nitrogens is 1. The van der Waals surface area contributed by atoms with Crippen LogP contribution in [0.1, 0.15) is 40.7 Å². The number of rotatable bonds is 6. The maximum Gasteiger partial charge on any atom is 0.338 e. The summed E-state index contributed by atoms with van der Waals surface area (Å²) in [5.41, 5.74) is 4.77. The number of anilines is 1. The molecule has 0 saturated heterocycles. The Morgan fingerprint density at radius 2 is 2.00 bits per heavy atom. The zero-order valence-electron chi connectivity index (χ0n) is 12.7. The first-order valence-corrected chi connectivity index (χ1v) is 7.13. The highest BCUT2D eigenvalue weighted by atomic mass is 16.5. The fourth-order valence-corrected chi connectivity index (χ4v) is 2.03. The molecule has 0 saturated carbocycles. The molecule has 0 atom stereocenters. The van der Waals surface area contributed by atoms with E-state index in [9.17, 15) is 4.79 Å². The van der Waals surface area contributed by atoms with Crippen LogP contribution < -0.4 is 5.32 Å². The first-order chi connectivity index (χ1) is 10.1. The lowest BCUT2D eigenvalue weighted by molar-refractivity contribution is 0.0505. The number of carbonyl (C=O) groups excluding carboxylic acids is 1. The van der Waals surface area contributed by atoms with E-state index in [0.717, 1.165) is 23.5 Å². The molecule has 1 heterocycles. The van der Waals surface area contributed by atoms with Crippen LogP contribution in [-0.2, 0) is 11.3 Å². The molecular weight excluding hydrogens is 266 g/mol. The van der Waals surface area contributed by atoms with E-state index in [1.807, 2.05) is 32.9 Å². The summed E-state index contributed by atoms with van der Waals surface area (Å²) < 4.78 is 5.10. The van der Waals surface area contributed by atoms with Crippen molar-refractivity contribution in [2.45, 2.75) is 33.7 Å². The van der Waals surface area contributed by atoms with Crippen LogP contribution in [-0.4, -0.2) is 22.8 Å². The molecule has 2 rings (SSSR count). The second kappa shape index (κ2) is 6.92. The summed E-state index contributed by atoms with van der Waals surface area (Å²) in [4.78, 5) is 11.7. The van der Waals surface area contributed by atoms with Gasteiger partial charge in [-0.3, -0.25) is 5.10 Å². The van der Waals surface area contributed by atoms with E-state index in [1.54, 1.807) is 12.1 Å². The summed E-state index contributed by atoms with van der Waals surface area (Å²) in [7, 11) is 0. The molecule has 21 heavy (non-hydrogen) atoms. The Labute approximate surface area is 124 Å². The van der Waals surface area contributed by atoms with Gasteiger partial charge in [0.05, 0.1) is 17.9 Å². The smallest absolute Gasteiger partial charge is 0.338 e. The lowest BCUT2D eigenvalue weighted by Gasteiger charge is -2.08. The fraction of sp³-hybridized carbons (Fsp3) is 0.375. The number of ether oxygens (including phenoxy) is 1. The maximum atomic E-state index is 11.7. The third-order valence-corrected chi connectivity index (χ3v) is 3.31. The summed E-state index contributed by atoms with van der Waals surface area (Å²) in [6.45, 7) is 7.11. The largest absolute Gasteiger partial charge is 0.462 e. The van der Waals surface area contributed by atoms with Crippen LogP contribution in [0.3, 0.4) is 0 Å². The topological polar surface area (TPSA) is 67.0 Å². The molecule has 112 valence electrons. The number of carbonyl (C=O) groups is 1. The molecular formula is C16H21N3O2. The highest BCUT2D eigenvalue weighted by molar-refractivity contribution is 5.89. The van der Waals surface area contributed by atoms with Crippen LogP contribution in [0.2, 0.25) is 0 Å². The van der Waals surface area contributed by atoms with Crippen molar-refractivity contribution >= 4 is 11.7 Å². The molecule has 0 spiro atoms. The van der Waals surface area contributed by atoms with Crippen molar-refractivity contribution in [3.05, 3.63) is 46.8 Å². The molecule has 2 N–H and O–H groups in total. The van der Waals surface area contributed by atoms with Gasteiger partial charge < -0.3 is 10.1 Å². The minimum absolute atomic E-state index is 0.273. The number of hydrogen-bond acceptors (Lipinski definition) is 4. The summed E-state index contributed by atoms with van der Waals surface area (Å²) in [6, 6.07) is 7.31.